The lowest BCUT2D eigenvalue weighted by molar-refractivity contribution is 0.144. The molecular formula is C18H20O2. The Morgan fingerprint density at radius 1 is 1.05 bits per heavy atom. The second-order valence-electron chi connectivity index (χ2n) is 5.43. The number of fused-ring (bicyclic) bond motifs is 1. The summed E-state index contributed by atoms with van der Waals surface area (Å²) in [4.78, 5) is 0. The summed E-state index contributed by atoms with van der Waals surface area (Å²) in [5.74, 6) is 0.947. The topological polar surface area (TPSA) is 29.5 Å². The van der Waals surface area contributed by atoms with Gasteiger partial charge in [-0.15, -0.1) is 0 Å². The molecule has 0 fully saturated rings. The SMILES string of the molecule is CC(c1ccccc1)C(O)c1cccc2c1OCCC2. The van der Waals surface area contributed by atoms with Crippen LogP contribution in [0.15, 0.2) is 48.5 Å². The van der Waals surface area contributed by atoms with Crippen molar-refractivity contribution in [3.8, 4) is 5.75 Å². The molecule has 0 saturated heterocycles. The molecule has 104 valence electrons. The Kier molecular flexibility index (Phi) is 3.75. The van der Waals surface area contributed by atoms with Gasteiger partial charge in [0.25, 0.3) is 0 Å². The molecule has 0 amide bonds. The van der Waals surface area contributed by atoms with Crippen LogP contribution in [0.4, 0.5) is 0 Å². The van der Waals surface area contributed by atoms with Crippen LogP contribution in [-0.4, -0.2) is 11.7 Å². The van der Waals surface area contributed by atoms with Crippen LogP contribution in [-0.2, 0) is 6.42 Å². The smallest absolute Gasteiger partial charge is 0.128 e. The second kappa shape index (κ2) is 5.68. The molecule has 2 unspecified atom stereocenters. The number of ether oxygens (including phenoxy) is 1. The Morgan fingerprint density at radius 2 is 1.85 bits per heavy atom. The van der Waals surface area contributed by atoms with Crippen LogP contribution < -0.4 is 4.74 Å². The second-order valence-corrected chi connectivity index (χ2v) is 5.43. The Bertz CT molecular complexity index is 577. The van der Waals surface area contributed by atoms with Gasteiger partial charge in [-0.2, -0.15) is 0 Å². The number of hydrogen-bond acceptors (Lipinski definition) is 2. The van der Waals surface area contributed by atoms with Crippen molar-refractivity contribution in [2.45, 2.75) is 31.8 Å². The minimum absolute atomic E-state index is 0.0493. The molecule has 1 aliphatic heterocycles. The fraction of sp³-hybridized carbons (Fsp3) is 0.333. The molecule has 1 aliphatic rings. The van der Waals surface area contributed by atoms with E-state index < -0.39 is 6.10 Å². The van der Waals surface area contributed by atoms with E-state index in [1.54, 1.807) is 0 Å². The Morgan fingerprint density at radius 3 is 2.65 bits per heavy atom. The van der Waals surface area contributed by atoms with Crippen LogP contribution in [0.25, 0.3) is 0 Å². The lowest BCUT2D eigenvalue weighted by Gasteiger charge is -2.26. The maximum Gasteiger partial charge on any atom is 0.128 e. The summed E-state index contributed by atoms with van der Waals surface area (Å²) < 4.78 is 5.80. The van der Waals surface area contributed by atoms with Crippen molar-refractivity contribution < 1.29 is 9.84 Å². The zero-order valence-corrected chi connectivity index (χ0v) is 11.8. The molecule has 2 nitrogen and oxygen atoms in total. The molecule has 20 heavy (non-hydrogen) atoms. The van der Waals surface area contributed by atoms with Crippen LogP contribution in [0.2, 0.25) is 0 Å². The van der Waals surface area contributed by atoms with Gasteiger partial charge >= 0.3 is 0 Å². The lowest BCUT2D eigenvalue weighted by Crippen LogP contribution is -2.14. The standard InChI is InChI=1S/C18H20O2/c1-13(14-7-3-2-4-8-14)17(19)16-11-5-9-15-10-6-12-20-18(15)16/h2-5,7-9,11,13,17,19H,6,10,12H2,1H3. The van der Waals surface area contributed by atoms with Crippen molar-refractivity contribution in [2.24, 2.45) is 0 Å². The first kappa shape index (κ1) is 13.2. The molecule has 0 aromatic heterocycles. The molecule has 0 saturated carbocycles. The van der Waals surface area contributed by atoms with Crippen LogP contribution >= 0.6 is 0 Å². The Balaban J connectivity index is 1.93. The summed E-state index contributed by atoms with van der Waals surface area (Å²) in [6.45, 7) is 2.80. The fourth-order valence-electron chi connectivity index (χ4n) is 2.86. The number of aryl methyl sites for hydroxylation is 1. The van der Waals surface area contributed by atoms with E-state index in [4.69, 9.17) is 4.74 Å². The Labute approximate surface area is 120 Å². The monoisotopic (exact) mass is 268 g/mol. The lowest BCUT2D eigenvalue weighted by atomic mass is 9.88. The van der Waals surface area contributed by atoms with E-state index >= 15 is 0 Å². The zero-order chi connectivity index (χ0) is 13.9. The highest BCUT2D eigenvalue weighted by Gasteiger charge is 2.24. The number of aliphatic hydroxyl groups excluding tert-OH is 1. The molecule has 2 heteroatoms. The summed E-state index contributed by atoms with van der Waals surface area (Å²) in [5, 5.41) is 10.7. The molecule has 1 N–H and O–H groups in total. The third-order valence-electron chi connectivity index (χ3n) is 4.08. The van der Waals surface area contributed by atoms with E-state index in [-0.39, 0.29) is 5.92 Å². The van der Waals surface area contributed by atoms with Crippen molar-refractivity contribution in [1.29, 1.82) is 0 Å². The molecule has 3 rings (SSSR count). The normalized spacial score (nSPS) is 16.9. The summed E-state index contributed by atoms with van der Waals surface area (Å²) in [6, 6.07) is 16.2. The van der Waals surface area contributed by atoms with Crippen molar-refractivity contribution >= 4 is 0 Å². The van der Waals surface area contributed by atoms with Gasteiger partial charge in [0.15, 0.2) is 0 Å². The van der Waals surface area contributed by atoms with Gasteiger partial charge < -0.3 is 9.84 Å². The number of para-hydroxylation sites is 1. The van der Waals surface area contributed by atoms with Gasteiger partial charge in [0.05, 0.1) is 12.7 Å². The minimum Gasteiger partial charge on any atom is -0.493 e. The quantitative estimate of drug-likeness (QED) is 0.916. The molecule has 0 radical (unpaired) electrons. The van der Waals surface area contributed by atoms with Crippen molar-refractivity contribution in [1.82, 2.24) is 0 Å². The number of rotatable bonds is 3. The van der Waals surface area contributed by atoms with Crippen LogP contribution in [0.5, 0.6) is 5.75 Å². The van der Waals surface area contributed by atoms with E-state index in [1.807, 2.05) is 30.3 Å². The summed E-state index contributed by atoms with van der Waals surface area (Å²) in [6.07, 6.45) is 1.56. The van der Waals surface area contributed by atoms with Crippen molar-refractivity contribution in [3.05, 3.63) is 65.2 Å². The molecule has 1 heterocycles. The van der Waals surface area contributed by atoms with Crippen LogP contribution in [0.1, 0.15) is 42.1 Å². The van der Waals surface area contributed by atoms with Gasteiger partial charge in [-0.25, -0.2) is 0 Å². The first-order valence-corrected chi connectivity index (χ1v) is 7.25. The number of hydrogen-bond donors (Lipinski definition) is 1. The first-order valence-electron chi connectivity index (χ1n) is 7.25. The van der Waals surface area contributed by atoms with E-state index in [2.05, 4.69) is 25.1 Å². The Hall–Kier alpha value is -1.80. The van der Waals surface area contributed by atoms with Gasteiger partial charge in [0.2, 0.25) is 0 Å². The highest BCUT2D eigenvalue weighted by Crippen LogP contribution is 2.38. The van der Waals surface area contributed by atoms with Gasteiger partial charge in [-0.05, 0) is 24.0 Å². The molecular weight excluding hydrogens is 248 g/mol. The zero-order valence-electron chi connectivity index (χ0n) is 11.8. The summed E-state index contributed by atoms with van der Waals surface area (Å²) in [5.41, 5.74) is 3.28. The van der Waals surface area contributed by atoms with Crippen molar-refractivity contribution in [2.75, 3.05) is 6.61 Å². The van der Waals surface area contributed by atoms with E-state index in [9.17, 15) is 5.11 Å². The van der Waals surface area contributed by atoms with E-state index in [1.165, 1.54) is 5.56 Å². The highest BCUT2D eigenvalue weighted by molar-refractivity contribution is 5.45. The summed E-state index contributed by atoms with van der Waals surface area (Å²) in [7, 11) is 0. The maximum atomic E-state index is 10.7. The molecule has 2 atom stereocenters. The van der Waals surface area contributed by atoms with Gasteiger partial charge in [-0.3, -0.25) is 0 Å². The third kappa shape index (κ3) is 2.44. The molecule has 2 aromatic carbocycles. The average molecular weight is 268 g/mol. The molecule has 0 aliphatic carbocycles. The van der Waals surface area contributed by atoms with Crippen molar-refractivity contribution in [3.63, 3.8) is 0 Å². The third-order valence-corrected chi connectivity index (χ3v) is 4.08. The fourth-order valence-corrected chi connectivity index (χ4v) is 2.86. The number of benzene rings is 2. The predicted octanol–water partition coefficient (Wildman–Crippen LogP) is 3.85. The largest absolute Gasteiger partial charge is 0.493 e. The van der Waals surface area contributed by atoms with Gasteiger partial charge in [0, 0.05) is 11.5 Å². The number of aliphatic hydroxyl groups is 1. The first-order chi connectivity index (χ1) is 9.77. The molecule has 0 bridgehead atoms. The predicted molar refractivity (Wildman–Crippen MR) is 80.1 cm³/mol. The maximum absolute atomic E-state index is 10.7. The summed E-state index contributed by atoms with van der Waals surface area (Å²) >= 11 is 0. The average Bonchev–Trinajstić information content (AvgIpc) is 2.54. The molecule has 2 aromatic rings. The van der Waals surface area contributed by atoms with Gasteiger partial charge in [0.1, 0.15) is 5.75 Å². The minimum atomic E-state index is -0.537. The van der Waals surface area contributed by atoms with Crippen LogP contribution in [0.3, 0.4) is 0 Å². The van der Waals surface area contributed by atoms with Crippen LogP contribution in [0, 0.1) is 0 Å². The highest BCUT2D eigenvalue weighted by atomic mass is 16.5. The molecule has 0 spiro atoms. The van der Waals surface area contributed by atoms with Gasteiger partial charge in [-0.1, -0.05) is 55.5 Å². The van der Waals surface area contributed by atoms with E-state index in [0.717, 1.165) is 36.3 Å². The van der Waals surface area contributed by atoms with E-state index in [0.29, 0.717) is 0 Å².